The minimum atomic E-state index is -0.495. The average Bonchev–Trinajstić information content (AvgIpc) is 2.36. The quantitative estimate of drug-likeness (QED) is 0.872. The van der Waals surface area contributed by atoms with E-state index in [4.69, 9.17) is 22.6 Å². The molecule has 2 rings (SSSR count). The van der Waals surface area contributed by atoms with Crippen LogP contribution in [0.1, 0.15) is 5.69 Å². The van der Waals surface area contributed by atoms with Crippen LogP contribution in [0.15, 0.2) is 30.3 Å². The Bertz CT molecular complexity index is 636. The fourth-order valence-electron chi connectivity index (χ4n) is 1.35. The predicted octanol–water partition coefficient (Wildman–Crippen LogP) is 3.07. The van der Waals surface area contributed by atoms with Crippen LogP contribution in [0, 0.1) is 17.1 Å². The van der Waals surface area contributed by atoms with E-state index in [1.165, 1.54) is 18.2 Å². The molecule has 0 aliphatic rings. The normalized spacial score (nSPS) is 9.83. The molecule has 0 aliphatic carbocycles. The van der Waals surface area contributed by atoms with Gasteiger partial charge in [0.2, 0.25) is 0 Å². The molecule has 0 aliphatic heterocycles. The summed E-state index contributed by atoms with van der Waals surface area (Å²) < 4.78 is 13.0. The molecule has 3 N–H and O–H groups in total. The lowest BCUT2D eigenvalue weighted by Crippen LogP contribution is -1.99. The Kier molecular flexibility index (Phi) is 3.31. The highest BCUT2D eigenvalue weighted by Gasteiger charge is 2.04. The van der Waals surface area contributed by atoms with Gasteiger partial charge in [-0.3, -0.25) is 0 Å². The lowest BCUT2D eigenvalue weighted by Gasteiger charge is -2.07. The van der Waals surface area contributed by atoms with Crippen molar-refractivity contribution in [2.75, 3.05) is 11.1 Å². The number of nitrogens with one attached hydrogen (secondary N) is 1. The highest BCUT2D eigenvalue weighted by Crippen LogP contribution is 2.22. The second kappa shape index (κ2) is 4.90. The number of benzene rings is 1. The number of nitrogens with two attached hydrogens (primary N) is 1. The maximum atomic E-state index is 13.0. The lowest BCUT2D eigenvalue weighted by atomic mass is 10.3. The molecule has 18 heavy (non-hydrogen) atoms. The zero-order valence-electron chi connectivity index (χ0n) is 9.11. The van der Waals surface area contributed by atoms with Crippen molar-refractivity contribution in [3.05, 3.63) is 46.9 Å². The first-order valence-corrected chi connectivity index (χ1v) is 5.36. The van der Waals surface area contributed by atoms with Gasteiger partial charge in [0.25, 0.3) is 0 Å². The number of hydrogen-bond donors (Lipinski definition) is 2. The van der Waals surface area contributed by atoms with Gasteiger partial charge in [-0.05, 0) is 30.3 Å². The van der Waals surface area contributed by atoms with Crippen molar-refractivity contribution in [1.29, 1.82) is 5.26 Å². The van der Waals surface area contributed by atoms with E-state index in [9.17, 15) is 4.39 Å². The van der Waals surface area contributed by atoms with Crippen molar-refractivity contribution in [1.82, 2.24) is 4.98 Å². The molecular formula is C12H8ClFN4. The molecule has 0 spiro atoms. The lowest BCUT2D eigenvalue weighted by molar-refractivity contribution is 0.628. The number of aromatic nitrogens is 1. The van der Waals surface area contributed by atoms with Gasteiger partial charge < -0.3 is 11.1 Å². The van der Waals surface area contributed by atoms with Crippen molar-refractivity contribution in [3.8, 4) is 6.07 Å². The molecule has 90 valence electrons. The number of pyridine rings is 1. The third kappa shape index (κ3) is 2.50. The Hall–Kier alpha value is -2.32. The van der Waals surface area contributed by atoms with Gasteiger partial charge >= 0.3 is 0 Å². The third-order valence-corrected chi connectivity index (χ3v) is 2.51. The number of nitriles is 1. The van der Waals surface area contributed by atoms with Crippen molar-refractivity contribution >= 4 is 28.8 Å². The molecule has 0 amide bonds. The Balaban J connectivity index is 2.29. The molecule has 1 heterocycles. The molecule has 0 saturated heterocycles. The van der Waals surface area contributed by atoms with Crippen LogP contribution in [0.3, 0.4) is 0 Å². The maximum Gasteiger partial charge on any atom is 0.165 e. The number of hydrogen-bond acceptors (Lipinski definition) is 4. The third-order valence-electron chi connectivity index (χ3n) is 2.22. The second-order valence-corrected chi connectivity index (χ2v) is 3.91. The van der Waals surface area contributed by atoms with Crippen LogP contribution < -0.4 is 11.1 Å². The summed E-state index contributed by atoms with van der Waals surface area (Å²) in [6, 6.07) is 9.26. The molecule has 0 bridgehead atoms. The fourth-order valence-corrected chi connectivity index (χ4v) is 1.53. The molecular weight excluding hydrogens is 255 g/mol. The predicted molar refractivity (Wildman–Crippen MR) is 68.1 cm³/mol. The van der Waals surface area contributed by atoms with E-state index in [-0.39, 0.29) is 10.7 Å². The Morgan fingerprint density at radius 3 is 2.78 bits per heavy atom. The monoisotopic (exact) mass is 262 g/mol. The van der Waals surface area contributed by atoms with Crippen LogP contribution in [-0.4, -0.2) is 4.98 Å². The van der Waals surface area contributed by atoms with Crippen LogP contribution in [-0.2, 0) is 0 Å². The summed E-state index contributed by atoms with van der Waals surface area (Å²) in [5, 5.41) is 11.7. The minimum Gasteiger partial charge on any atom is -0.396 e. The Morgan fingerprint density at radius 2 is 2.11 bits per heavy atom. The van der Waals surface area contributed by atoms with Crippen LogP contribution in [0.2, 0.25) is 5.02 Å². The largest absolute Gasteiger partial charge is 0.396 e. The molecule has 0 atom stereocenters. The maximum absolute atomic E-state index is 13.0. The van der Waals surface area contributed by atoms with Gasteiger partial charge in [0.05, 0.1) is 10.7 Å². The molecule has 1 aromatic carbocycles. The van der Waals surface area contributed by atoms with Crippen molar-refractivity contribution in [2.24, 2.45) is 0 Å². The summed E-state index contributed by atoms with van der Waals surface area (Å²) in [5.41, 5.74) is 6.56. The summed E-state index contributed by atoms with van der Waals surface area (Å²) in [6.45, 7) is 0. The summed E-state index contributed by atoms with van der Waals surface area (Å²) in [6.07, 6.45) is 0. The van der Waals surface area contributed by atoms with E-state index in [1.54, 1.807) is 12.1 Å². The van der Waals surface area contributed by atoms with Gasteiger partial charge in [0, 0.05) is 5.69 Å². The zero-order chi connectivity index (χ0) is 13.1. The second-order valence-electron chi connectivity index (χ2n) is 3.50. The van der Waals surface area contributed by atoms with E-state index in [0.717, 1.165) is 0 Å². The molecule has 0 fully saturated rings. The fraction of sp³-hybridized carbons (Fsp3) is 0. The molecule has 4 nitrogen and oxygen atoms in total. The van der Waals surface area contributed by atoms with Gasteiger partial charge in [-0.25, -0.2) is 9.37 Å². The van der Waals surface area contributed by atoms with Crippen LogP contribution in [0.5, 0.6) is 0 Å². The van der Waals surface area contributed by atoms with Crippen LogP contribution in [0.25, 0.3) is 0 Å². The van der Waals surface area contributed by atoms with E-state index in [0.29, 0.717) is 17.2 Å². The molecule has 0 saturated carbocycles. The smallest absolute Gasteiger partial charge is 0.165 e. The number of anilines is 3. The van der Waals surface area contributed by atoms with E-state index < -0.39 is 5.82 Å². The van der Waals surface area contributed by atoms with Crippen LogP contribution in [0.4, 0.5) is 21.6 Å². The number of rotatable bonds is 2. The molecule has 0 unspecified atom stereocenters. The zero-order valence-corrected chi connectivity index (χ0v) is 9.87. The molecule has 6 heteroatoms. The summed E-state index contributed by atoms with van der Waals surface area (Å²) in [7, 11) is 0. The standard InChI is InChI=1S/C12H8ClFN4/c13-8-5-7(1-2-9(8)14)17-12-4-3-10(16)11(6-15)18-12/h1-5H,16H2,(H,17,18). The average molecular weight is 263 g/mol. The van der Waals surface area contributed by atoms with E-state index in [1.807, 2.05) is 6.07 Å². The Morgan fingerprint density at radius 1 is 1.33 bits per heavy atom. The minimum absolute atomic E-state index is 0.0101. The first kappa shape index (κ1) is 12.1. The van der Waals surface area contributed by atoms with Gasteiger partial charge in [0.1, 0.15) is 17.7 Å². The molecule has 2 aromatic rings. The Labute approximate surface area is 108 Å². The van der Waals surface area contributed by atoms with Gasteiger partial charge in [-0.2, -0.15) is 5.26 Å². The number of nitrogens with zero attached hydrogens (tertiary/aromatic N) is 2. The van der Waals surface area contributed by atoms with Crippen molar-refractivity contribution in [2.45, 2.75) is 0 Å². The number of nitrogen functional groups attached to an aromatic ring is 1. The first-order chi connectivity index (χ1) is 8.60. The highest BCUT2D eigenvalue weighted by atomic mass is 35.5. The van der Waals surface area contributed by atoms with E-state index >= 15 is 0 Å². The first-order valence-electron chi connectivity index (χ1n) is 4.99. The van der Waals surface area contributed by atoms with Crippen LogP contribution >= 0.6 is 11.6 Å². The highest BCUT2D eigenvalue weighted by molar-refractivity contribution is 6.31. The summed E-state index contributed by atoms with van der Waals surface area (Å²) in [4.78, 5) is 4.00. The summed E-state index contributed by atoms with van der Waals surface area (Å²) >= 11 is 5.66. The number of halogens is 2. The van der Waals surface area contributed by atoms with Crippen molar-refractivity contribution in [3.63, 3.8) is 0 Å². The van der Waals surface area contributed by atoms with E-state index in [2.05, 4.69) is 10.3 Å². The van der Waals surface area contributed by atoms with Gasteiger partial charge in [-0.1, -0.05) is 11.6 Å². The molecule has 0 radical (unpaired) electrons. The SMILES string of the molecule is N#Cc1nc(Nc2ccc(F)c(Cl)c2)ccc1N. The molecule has 1 aromatic heterocycles. The topological polar surface area (TPSA) is 74.7 Å². The van der Waals surface area contributed by atoms with Gasteiger partial charge in [0.15, 0.2) is 5.69 Å². The summed E-state index contributed by atoms with van der Waals surface area (Å²) in [5.74, 6) is -0.0615. The van der Waals surface area contributed by atoms with Gasteiger partial charge in [-0.15, -0.1) is 0 Å². The van der Waals surface area contributed by atoms with Crippen molar-refractivity contribution < 1.29 is 4.39 Å².